The predicted molar refractivity (Wildman–Crippen MR) is 506 cm³/mol. The topological polar surface area (TPSA) is 714 Å². The van der Waals surface area contributed by atoms with Gasteiger partial charge in [0.2, 0.25) is 136 Å². The van der Waals surface area contributed by atoms with Gasteiger partial charge >= 0.3 is 0 Å². The van der Waals surface area contributed by atoms with Gasteiger partial charge in [-0.05, 0) is 206 Å². The van der Waals surface area contributed by atoms with Gasteiger partial charge in [-0.3, -0.25) is 110 Å². The fourth-order valence-electron chi connectivity index (χ4n) is 14.8. The van der Waals surface area contributed by atoms with Crippen molar-refractivity contribution in [2.24, 2.45) is 35.0 Å². The Hall–Kier alpha value is -13.0. The molecule has 2 fully saturated rings. The van der Waals surface area contributed by atoms with Crippen LogP contribution in [0.4, 0.5) is 0 Å². The van der Waals surface area contributed by atoms with E-state index in [0.717, 1.165) is 5.56 Å². The number of likely N-dealkylation sites (tertiary alicyclic amines) is 2. The Morgan fingerprint density at radius 3 is 1.18 bits per heavy atom. The standard InChI is InChI=1S/C92H151N23O24/c1-47(2)43-58(72(127)109-92(24,25)84(139)114-41-29-33-59(114)73(128)104-65(48(3)4)75(130)112-90(20,21)82(137)113-89(18,19)80(135)103-56(36-39-62(94)119)70(125)102-55(35-38-61(93)118)69(124)99-54(46-116)44-53-31-27-26-28-32-53)100-64(121)45-96-77(132)85(10,11)111-76(131)66(49(5)6)105-81(136)88(16,17)108-71(126)57(37-40-63(95)120)101-67(122)50(7)97-78(133)86(12,13)107-68(123)51(8)98-79(134)87(14,15)110-74(129)60-34-30-42-115(60)83(138)91(22,23)106-52(9)117/h26-28,31-32,47-51,54-60,65-66,116H,29-30,33-46H2,1-25H3,(H2,93,118)(H2,94,119)(H2,95,120)(H,96,132)(H,97,133)(H,98,134)(H,99,124)(H,100,121)(H,101,122)(H,102,125)(H,103,135)(H,104,128)(H,105,136)(H,106,117)(H,107,123)(H,108,126)(H,109,127)(H,110,129)(H,111,131)(H,112,130)(H,113,137)/t50-,51-,54-,55-,56-,57-,58-,59-,60-,65-,66-/m0/s1. The molecule has 1 aromatic carbocycles. The zero-order valence-corrected chi connectivity index (χ0v) is 84.7. The maximum Gasteiger partial charge on any atom is 0.248 e. The fourth-order valence-corrected chi connectivity index (χ4v) is 14.8. The number of carbonyl (C=O) groups excluding carboxylic acids is 23. The maximum atomic E-state index is 14.6. The quantitative estimate of drug-likeness (QED) is 0.0291. The lowest BCUT2D eigenvalue weighted by Gasteiger charge is -2.36. The van der Waals surface area contributed by atoms with Crippen molar-refractivity contribution in [3.63, 3.8) is 0 Å². The second-order valence-electron chi connectivity index (χ2n) is 40.9. The van der Waals surface area contributed by atoms with Crippen molar-refractivity contribution >= 4 is 136 Å². The highest BCUT2D eigenvalue weighted by Gasteiger charge is 2.49. The third-order valence-electron chi connectivity index (χ3n) is 23.2. The van der Waals surface area contributed by atoms with Gasteiger partial charge in [0.25, 0.3) is 0 Å². The van der Waals surface area contributed by atoms with E-state index in [1.807, 2.05) is 0 Å². The number of amides is 23. The Morgan fingerprint density at radius 1 is 0.367 bits per heavy atom. The van der Waals surface area contributed by atoms with E-state index in [4.69, 9.17) is 17.2 Å². The zero-order valence-electron chi connectivity index (χ0n) is 84.7. The van der Waals surface area contributed by atoms with Gasteiger partial charge in [0.15, 0.2) is 0 Å². The van der Waals surface area contributed by atoms with Crippen LogP contribution < -0.4 is 113 Å². The first-order valence-corrected chi connectivity index (χ1v) is 46.4. The van der Waals surface area contributed by atoms with Gasteiger partial charge in [-0.15, -0.1) is 0 Å². The largest absolute Gasteiger partial charge is 0.394 e. The third kappa shape index (κ3) is 37.3. The van der Waals surface area contributed by atoms with Crippen molar-refractivity contribution in [3.05, 3.63) is 35.9 Å². The van der Waals surface area contributed by atoms with Crippen LogP contribution in [0.2, 0.25) is 0 Å². The van der Waals surface area contributed by atoms with E-state index in [-0.39, 0.29) is 57.5 Å². The fraction of sp³-hybridized carbons (Fsp3) is 0.685. The molecule has 23 amide bonds. The van der Waals surface area contributed by atoms with E-state index in [2.05, 4.69) is 95.7 Å². The van der Waals surface area contributed by atoms with Crippen LogP contribution >= 0.6 is 0 Å². The highest BCUT2D eigenvalue weighted by atomic mass is 16.3. The van der Waals surface area contributed by atoms with Crippen LogP contribution in [0.25, 0.3) is 0 Å². The Labute approximate surface area is 811 Å². The first-order valence-electron chi connectivity index (χ1n) is 46.4. The summed E-state index contributed by atoms with van der Waals surface area (Å²) in [6, 6.07) is -5.62. The first kappa shape index (κ1) is 120. The molecule has 2 aliphatic rings. The average molecular weight is 1960 g/mol. The second kappa shape index (κ2) is 51.1. The minimum atomic E-state index is -1.91. The molecule has 0 aliphatic carbocycles. The number of nitrogens with zero attached hydrogens (tertiary/aromatic N) is 2. The minimum Gasteiger partial charge on any atom is -0.394 e. The summed E-state index contributed by atoms with van der Waals surface area (Å²) in [7, 11) is 0. The number of nitrogens with two attached hydrogens (primary N) is 3. The number of rotatable bonds is 53. The summed E-state index contributed by atoms with van der Waals surface area (Å²) in [6.07, 6.45) is -1.04. The molecule has 0 radical (unpaired) electrons. The highest BCUT2D eigenvalue weighted by molar-refractivity contribution is 6.05. The molecule has 0 aromatic heterocycles. The van der Waals surface area contributed by atoms with Crippen molar-refractivity contribution in [1.29, 1.82) is 0 Å². The molecular formula is C92H151N23O24. The van der Waals surface area contributed by atoms with E-state index >= 15 is 0 Å². The summed E-state index contributed by atoms with van der Waals surface area (Å²) < 4.78 is 0. The number of primary amides is 3. The molecule has 0 unspecified atom stereocenters. The number of aliphatic hydroxyl groups excluding tert-OH is 1. The molecule has 778 valence electrons. The van der Waals surface area contributed by atoms with Gasteiger partial charge in [0.05, 0.1) is 19.2 Å². The molecule has 25 N–H and O–H groups in total. The van der Waals surface area contributed by atoms with E-state index in [1.165, 1.54) is 141 Å². The van der Waals surface area contributed by atoms with Crippen LogP contribution in [0.1, 0.15) is 249 Å². The summed E-state index contributed by atoms with van der Waals surface area (Å²) in [6.45, 7) is 34.0. The van der Waals surface area contributed by atoms with Crippen LogP contribution in [0.15, 0.2) is 30.3 Å². The number of aliphatic hydroxyl groups is 1. The summed E-state index contributed by atoms with van der Waals surface area (Å²) in [4.78, 5) is 315. The van der Waals surface area contributed by atoms with Gasteiger partial charge in [-0.1, -0.05) is 71.9 Å². The van der Waals surface area contributed by atoms with Gasteiger partial charge in [-0.25, -0.2) is 0 Å². The van der Waals surface area contributed by atoms with Gasteiger partial charge in [0, 0.05) is 39.3 Å². The molecule has 3 rings (SSSR count). The molecule has 47 nitrogen and oxygen atoms in total. The lowest BCUT2D eigenvalue weighted by atomic mass is 9.96. The number of hydrogen-bond acceptors (Lipinski definition) is 24. The Balaban J connectivity index is 1.65. The van der Waals surface area contributed by atoms with E-state index in [1.54, 1.807) is 71.9 Å². The summed E-state index contributed by atoms with van der Waals surface area (Å²) in [5.74, 6) is -21.0. The van der Waals surface area contributed by atoms with E-state index in [9.17, 15) is 115 Å². The minimum absolute atomic E-state index is 0.00718. The zero-order chi connectivity index (χ0) is 107. The molecular weight excluding hydrogens is 1810 g/mol. The third-order valence-corrected chi connectivity index (χ3v) is 23.2. The number of hydrogen-bond donors (Lipinski definition) is 22. The molecule has 2 saturated heterocycles. The highest BCUT2D eigenvalue weighted by Crippen LogP contribution is 2.27. The number of nitrogens with one attached hydrogen (secondary N) is 18. The maximum absolute atomic E-state index is 14.6. The predicted octanol–water partition coefficient (Wildman–Crippen LogP) is -4.94. The molecule has 0 bridgehead atoms. The van der Waals surface area contributed by atoms with Crippen LogP contribution in [-0.4, -0.2) is 288 Å². The molecule has 1 aromatic rings. The van der Waals surface area contributed by atoms with Crippen molar-refractivity contribution < 1.29 is 115 Å². The van der Waals surface area contributed by atoms with Crippen molar-refractivity contribution in [2.45, 2.75) is 361 Å². The van der Waals surface area contributed by atoms with Crippen molar-refractivity contribution in [1.82, 2.24) is 106 Å². The first-order chi connectivity index (χ1) is 63.8. The van der Waals surface area contributed by atoms with E-state index in [0.29, 0.717) is 12.8 Å². The molecule has 11 atom stereocenters. The molecule has 2 aliphatic heterocycles. The van der Waals surface area contributed by atoms with Gasteiger partial charge in [-0.2, -0.15) is 0 Å². The lowest BCUT2D eigenvalue weighted by Crippen LogP contribution is -2.66. The Kier molecular flexibility index (Phi) is 44.1. The molecule has 0 saturated carbocycles. The smallest absolute Gasteiger partial charge is 0.248 e. The SMILES string of the molecule is CC(=O)NC(C)(C)C(=O)N1CCC[C@H]1C(=O)NC(C)(C)C(=O)N[C@@H](C)C(=O)NC(C)(C)C(=O)N[C@@H](C)C(=O)N[C@@H](CCC(N)=O)C(=O)NC(C)(C)C(=O)N[C@H](C(=O)NC(C)(C)C(=O)NCC(=O)N[C@@H](CC(C)C)C(=O)NC(C)(C)C(=O)N1CCC[C@H]1C(=O)N[C@H](C(=O)NC(C)(C)C(=O)NC(C)(C)C(=O)N[C@@H](CCC(N)=O)C(=O)N[C@@H](CCC(N)=O)C(=O)N[C@H](CO)Cc1ccccc1)C(C)C)C(C)C. The monoisotopic (exact) mass is 1960 g/mol. The number of benzene rings is 1. The van der Waals surface area contributed by atoms with Gasteiger partial charge in [0.1, 0.15) is 105 Å². The van der Waals surface area contributed by atoms with Crippen LogP contribution in [0, 0.1) is 17.8 Å². The molecule has 2 heterocycles. The molecule has 47 heteroatoms. The molecule has 0 spiro atoms. The van der Waals surface area contributed by atoms with Crippen molar-refractivity contribution in [2.75, 3.05) is 26.2 Å². The summed E-state index contributed by atoms with van der Waals surface area (Å²) >= 11 is 0. The van der Waals surface area contributed by atoms with Crippen molar-refractivity contribution in [3.8, 4) is 0 Å². The molecule has 139 heavy (non-hydrogen) atoms. The van der Waals surface area contributed by atoms with Gasteiger partial charge < -0.3 is 128 Å². The van der Waals surface area contributed by atoms with Crippen LogP contribution in [0.5, 0.6) is 0 Å². The van der Waals surface area contributed by atoms with Crippen LogP contribution in [0.3, 0.4) is 0 Å². The number of carbonyl (C=O) groups is 23. The summed E-state index contributed by atoms with van der Waals surface area (Å²) in [5, 5.41) is 56.0. The van der Waals surface area contributed by atoms with Crippen LogP contribution in [-0.2, 0) is 117 Å². The Bertz CT molecular complexity index is 4700. The average Bonchev–Trinajstić information content (AvgIpc) is 1.63. The summed E-state index contributed by atoms with van der Waals surface area (Å²) in [5.41, 5.74) is 3.01. The lowest BCUT2D eigenvalue weighted by molar-refractivity contribution is -0.146. The normalized spacial score (nSPS) is 16.2. The van der Waals surface area contributed by atoms with E-state index < -0.39 is 297 Å². The second-order valence-corrected chi connectivity index (χ2v) is 40.9. The Morgan fingerprint density at radius 2 is 0.727 bits per heavy atom.